The Hall–Kier alpha value is -3.20. The van der Waals surface area contributed by atoms with Gasteiger partial charge in [0.15, 0.2) is 11.6 Å². The predicted octanol–water partition coefficient (Wildman–Crippen LogP) is 2.78. The monoisotopic (exact) mass is 448 g/mol. The van der Waals surface area contributed by atoms with Crippen LogP contribution in [0.4, 0.5) is 22.0 Å². The van der Waals surface area contributed by atoms with Crippen molar-refractivity contribution >= 4 is 29.1 Å². The number of carbonyl (C=O) groups excluding carboxylic acids is 2. The number of aromatic nitrogens is 2. The molecule has 1 aromatic heterocycles. The Morgan fingerprint density at radius 1 is 1.21 bits per heavy atom. The van der Waals surface area contributed by atoms with Crippen molar-refractivity contribution in [3.8, 4) is 11.4 Å². The van der Waals surface area contributed by atoms with Gasteiger partial charge in [-0.2, -0.15) is 0 Å². The van der Waals surface area contributed by atoms with Crippen molar-refractivity contribution in [1.82, 2.24) is 15.3 Å². The number of urea groups is 1. The third kappa shape index (κ3) is 3.80. The summed E-state index contributed by atoms with van der Waals surface area (Å²) in [6.07, 6.45) is 6.20. The highest BCUT2D eigenvalue weighted by Gasteiger charge is 2.51. The maximum atomic E-state index is 13.5. The molecule has 1 saturated heterocycles. The number of hydrogen-bond acceptors (Lipinski definition) is 6. The molecule has 2 aliphatic carbocycles. The molecule has 0 radical (unpaired) electrons. The molecule has 1 aromatic carbocycles. The zero-order valence-corrected chi connectivity index (χ0v) is 18.7. The lowest BCUT2D eigenvalue weighted by molar-refractivity contribution is -0.127. The number of morpholine rings is 1. The highest BCUT2D eigenvalue weighted by molar-refractivity contribution is 6.08. The summed E-state index contributed by atoms with van der Waals surface area (Å²) in [6.45, 7) is 4.19. The number of hydrogen-bond donors (Lipinski definition) is 2. The van der Waals surface area contributed by atoms with Gasteiger partial charge in [0.25, 0.3) is 5.91 Å². The van der Waals surface area contributed by atoms with Crippen LogP contribution in [0.15, 0.2) is 30.5 Å². The van der Waals surface area contributed by atoms with Gasteiger partial charge >= 0.3 is 6.03 Å². The molecule has 0 bridgehead atoms. The number of nitrogens with one attached hydrogen (secondary N) is 2. The second-order valence-electron chi connectivity index (χ2n) is 9.69. The van der Waals surface area contributed by atoms with Gasteiger partial charge in [-0.15, -0.1) is 0 Å². The number of fused-ring (bicyclic) bond motifs is 3. The quantitative estimate of drug-likeness (QED) is 0.730. The zero-order valence-electron chi connectivity index (χ0n) is 18.7. The molecule has 2 aromatic rings. The first-order valence-electron chi connectivity index (χ1n) is 11.7. The summed E-state index contributed by atoms with van der Waals surface area (Å²) in [6, 6.07) is 7.65. The Labute approximate surface area is 192 Å². The first-order chi connectivity index (χ1) is 16.0. The summed E-state index contributed by atoms with van der Waals surface area (Å²) in [7, 11) is 0. The van der Waals surface area contributed by atoms with Gasteiger partial charge < -0.3 is 25.2 Å². The Kier molecular flexibility index (Phi) is 4.76. The first-order valence-corrected chi connectivity index (χ1v) is 11.7. The van der Waals surface area contributed by atoms with Crippen LogP contribution in [0.2, 0.25) is 0 Å². The van der Waals surface area contributed by atoms with Crippen LogP contribution in [0.25, 0.3) is 11.4 Å². The van der Waals surface area contributed by atoms with E-state index in [9.17, 15) is 9.59 Å². The van der Waals surface area contributed by atoms with Crippen LogP contribution in [-0.4, -0.2) is 59.8 Å². The molecule has 1 unspecified atom stereocenters. The summed E-state index contributed by atoms with van der Waals surface area (Å²) in [5.74, 6) is 2.01. The van der Waals surface area contributed by atoms with Crippen molar-refractivity contribution in [2.24, 2.45) is 5.92 Å². The number of amides is 3. The molecular formula is C24H28N6O3. The van der Waals surface area contributed by atoms with E-state index in [0.717, 1.165) is 48.4 Å². The molecular weight excluding hydrogens is 420 g/mol. The second-order valence-corrected chi connectivity index (χ2v) is 9.69. The third-order valence-corrected chi connectivity index (χ3v) is 6.89. The average molecular weight is 449 g/mol. The minimum absolute atomic E-state index is 0.0675. The van der Waals surface area contributed by atoms with Gasteiger partial charge in [0.05, 0.1) is 19.4 Å². The van der Waals surface area contributed by atoms with E-state index in [4.69, 9.17) is 9.72 Å². The third-order valence-electron chi connectivity index (χ3n) is 6.89. The second kappa shape index (κ2) is 7.69. The van der Waals surface area contributed by atoms with Crippen LogP contribution >= 0.6 is 0 Å². The summed E-state index contributed by atoms with van der Waals surface area (Å²) in [5.41, 5.74) is 1.60. The number of nitrogens with zero attached hydrogens (tertiary/aromatic N) is 4. The standard InChI is InChI=1S/C24H28N6O3/c1-24-14-33-11-10-30(24)21-19(29(22(24)31)13-15-2-3-15)12-25-20(28-21)16-4-6-17(7-5-16)26-23(32)27-18-8-9-18/h4-7,12,15,18H,2-3,8-11,13-14H2,1H3,(H2,26,27,32). The molecule has 6 rings (SSSR count). The van der Waals surface area contributed by atoms with E-state index in [1.165, 1.54) is 0 Å². The van der Waals surface area contributed by atoms with Crippen molar-refractivity contribution in [3.05, 3.63) is 30.5 Å². The van der Waals surface area contributed by atoms with Crippen molar-refractivity contribution in [3.63, 3.8) is 0 Å². The number of benzene rings is 1. The number of carbonyl (C=O) groups is 2. The summed E-state index contributed by atoms with van der Waals surface area (Å²) >= 11 is 0. The molecule has 0 spiro atoms. The van der Waals surface area contributed by atoms with E-state index < -0.39 is 5.54 Å². The van der Waals surface area contributed by atoms with E-state index in [1.54, 1.807) is 6.20 Å². The molecule has 3 fully saturated rings. The average Bonchev–Trinajstić information content (AvgIpc) is 3.74. The maximum absolute atomic E-state index is 13.5. The van der Waals surface area contributed by atoms with Crippen LogP contribution in [0.1, 0.15) is 32.6 Å². The largest absolute Gasteiger partial charge is 0.377 e. The smallest absolute Gasteiger partial charge is 0.319 e. The Balaban J connectivity index is 1.30. The van der Waals surface area contributed by atoms with Gasteiger partial charge in [-0.05, 0) is 62.8 Å². The SMILES string of the molecule is CC12COCCN1c1nc(-c3ccc(NC(=O)NC4CC4)cc3)ncc1N(CC1CC1)C2=O. The van der Waals surface area contributed by atoms with Crippen LogP contribution in [0, 0.1) is 5.92 Å². The van der Waals surface area contributed by atoms with Crippen molar-refractivity contribution in [1.29, 1.82) is 0 Å². The fourth-order valence-electron chi connectivity index (χ4n) is 4.59. The van der Waals surface area contributed by atoms with Gasteiger partial charge in [0.1, 0.15) is 11.2 Å². The molecule has 4 aliphatic rings. The van der Waals surface area contributed by atoms with E-state index in [2.05, 4.69) is 20.5 Å². The molecule has 1 atom stereocenters. The zero-order chi connectivity index (χ0) is 22.6. The van der Waals surface area contributed by atoms with Crippen LogP contribution < -0.4 is 20.4 Å². The van der Waals surface area contributed by atoms with Gasteiger partial charge in [0.2, 0.25) is 0 Å². The number of anilines is 3. The minimum atomic E-state index is -0.755. The fourth-order valence-corrected chi connectivity index (χ4v) is 4.59. The predicted molar refractivity (Wildman–Crippen MR) is 124 cm³/mol. The number of rotatable bonds is 5. The fraction of sp³-hybridized carbons (Fsp3) is 0.500. The Morgan fingerprint density at radius 2 is 2.00 bits per heavy atom. The van der Waals surface area contributed by atoms with Gasteiger partial charge in [-0.1, -0.05) is 0 Å². The highest BCUT2D eigenvalue weighted by atomic mass is 16.5. The lowest BCUT2D eigenvalue weighted by Gasteiger charge is -2.50. The summed E-state index contributed by atoms with van der Waals surface area (Å²) in [4.78, 5) is 38.9. The Bertz CT molecular complexity index is 1100. The van der Waals surface area contributed by atoms with E-state index >= 15 is 0 Å². The van der Waals surface area contributed by atoms with Crippen LogP contribution in [0.5, 0.6) is 0 Å². The molecule has 3 heterocycles. The number of ether oxygens (including phenoxy) is 1. The van der Waals surface area contributed by atoms with Gasteiger partial charge in [-0.25, -0.2) is 14.8 Å². The van der Waals surface area contributed by atoms with Crippen LogP contribution in [0.3, 0.4) is 0 Å². The van der Waals surface area contributed by atoms with E-state index in [-0.39, 0.29) is 11.9 Å². The molecule has 2 aliphatic heterocycles. The van der Waals surface area contributed by atoms with E-state index in [0.29, 0.717) is 44.1 Å². The molecule has 2 N–H and O–H groups in total. The maximum Gasteiger partial charge on any atom is 0.319 e. The van der Waals surface area contributed by atoms with Crippen molar-refractivity contribution < 1.29 is 14.3 Å². The first kappa shape index (κ1) is 20.4. The summed E-state index contributed by atoms with van der Waals surface area (Å²) in [5, 5.41) is 5.78. The molecule has 9 nitrogen and oxygen atoms in total. The molecule has 172 valence electrons. The van der Waals surface area contributed by atoms with Gasteiger partial charge in [0, 0.05) is 30.4 Å². The lowest BCUT2D eigenvalue weighted by Crippen LogP contribution is -2.67. The minimum Gasteiger partial charge on any atom is -0.377 e. The summed E-state index contributed by atoms with van der Waals surface area (Å²) < 4.78 is 5.71. The van der Waals surface area contributed by atoms with Crippen molar-refractivity contribution in [2.45, 2.75) is 44.2 Å². The molecule has 3 amide bonds. The van der Waals surface area contributed by atoms with Crippen LogP contribution in [-0.2, 0) is 9.53 Å². The highest BCUT2D eigenvalue weighted by Crippen LogP contribution is 2.43. The van der Waals surface area contributed by atoms with E-state index in [1.807, 2.05) is 36.1 Å². The topological polar surface area (TPSA) is 99.7 Å². The normalized spacial score (nSPS) is 24.2. The molecule has 9 heteroatoms. The lowest BCUT2D eigenvalue weighted by atomic mass is 9.93. The molecule has 2 saturated carbocycles. The van der Waals surface area contributed by atoms with Gasteiger partial charge in [-0.3, -0.25) is 4.79 Å². The molecule has 33 heavy (non-hydrogen) atoms. The Morgan fingerprint density at radius 3 is 2.73 bits per heavy atom. The van der Waals surface area contributed by atoms with Crippen molar-refractivity contribution in [2.75, 3.05) is 41.4 Å².